The van der Waals surface area contributed by atoms with E-state index in [9.17, 15) is 4.39 Å². The van der Waals surface area contributed by atoms with Crippen LogP contribution < -0.4 is 5.32 Å². The molecule has 0 fully saturated rings. The third-order valence-electron chi connectivity index (χ3n) is 4.23. The smallest absolute Gasteiger partial charge is 0.126 e. The van der Waals surface area contributed by atoms with Crippen LogP contribution >= 0.6 is 11.3 Å². The van der Waals surface area contributed by atoms with E-state index in [0.717, 1.165) is 34.7 Å². The highest BCUT2D eigenvalue weighted by molar-refractivity contribution is 7.09. The molecular weight excluding hydrogens is 271 g/mol. The lowest BCUT2D eigenvalue weighted by atomic mass is 9.92. The SMILES string of the molecule is CNC1(c2nc(C(C)C)cs2)CCc2c(F)cccc21. The quantitative estimate of drug-likeness (QED) is 0.929. The summed E-state index contributed by atoms with van der Waals surface area (Å²) in [4.78, 5) is 4.80. The van der Waals surface area contributed by atoms with Gasteiger partial charge in [-0.05, 0) is 43.0 Å². The Morgan fingerprint density at radius 3 is 2.85 bits per heavy atom. The van der Waals surface area contributed by atoms with Gasteiger partial charge >= 0.3 is 0 Å². The van der Waals surface area contributed by atoms with Crippen molar-refractivity contribution in [3.05, 3.63) is 51.2 Å². The summed E-state index contributed by atoms with van der Waals surface area (Å²) < 4.78 is 14.0. The van der Waals surface area contributed by atoms with Crippen LogP contribution in [0.1, 0.15) is 48.0 Å². The Labute approximate surface area is 123 Å². The van der Waals surface area contributed by atoms with E-state index in [4.69, 9.17) is 4.98 Å². The molecule has 1 unspecified atom stereocenters. The number of halogens is 1. The first-order valence-electron chi connectivity index (χ1n) is 7.01. The van der Waals surface area contributed by atoms with Gasteiger partial charge in [0.25, 0.3) is 0 Å². The predicted octanol–water partition coefficient (Wildman–Crippen LogP) is 3.81. The number of aromatic nitrogens is 1. The molecule has 0 amide bonds. The molecule has 1 aromatic carbocycles. The Balaban J connectivity index is 2.12. The highest BCUT2D eigenvalue weighted by atomic mass is 32.1. The molecule has 2 aromatic rings. The second-order valence-electron chi connectivity index (χ2n) is 5.65. The van der Waals surface area contributed by atoms with Crippen LogP contribution in [-0.2, 0) is 12.0 Å². The first kappa shape index (κ1) is 13.7. The Kier molecular flexibility index (Phi) is 3.38. The third-order valence-corrected chi connectivity index (χ3v) is 5.26. The number of rotatable bonds is 3. The van der Waals surface area contributed by atoms with Crippen molar-refractivity contribution >= 4 is 11.3 Å². The molecule has 0 radical (unpaired) electrons. The van der Waals surface area contributed by atoms with Gasteiger partial charge in [-0.15, -0.1) is 11.3 Å². The predicted molar refractivity (Wildman–Crippen MR) is 80.8 cm³/mol. The summed E-state index contributed by atoms with van der Waals surface area (Å²) in [6, 6.07) is 5.37. The second kappa shape index (κ2) is 4.93. The van der Waals surface area contributed by atoms with Gasteiger partial charge in [0, 0.05) is 5.38 Å². The lowest BCUT2D eigenvalue weighted by Gasteiger charge is -2.28. The number of hydrogen-bond donors (Lipinski definition) is 1. The summed E-state index contributed by atoms with van der Waals surface area (Å²) in [5, 5.41) is 6.58. The van der Waals surface area contributed by atoms with E-state index in [2.05, 4.69) is 24.5 Å². The molecule has 20 heavy (non-hydrogen) atoms. The number of benzene rings is 1. The number of fused-ring (bicyclic) bond motifs is 1. The zero-order valence-corrected chi connectivity index (χ0v) is 12.9. The molecule has 0 saturated heterocycles. The fourth-order valence-electron chi connectivity index (χ4n) is 3.00. The van der Waals surface area contributed by atoms with Crippen molar-refractivity contribution in [2.24, 2.45) is 0 Å². The summed E-state index contributed by atoms with van der Waals surface area (Å²) >= 11 is 1.67. The summed E-state index contributed by atoms with van der Waals surface area (Å²) in [6.45, 7) is 4.29. The van der Waals surface area contributed by atoms with Gasteiger partial charge in [-0.25, -0.2) is 9.37 Å². The second-order valence-corrected chi connectivity index (χ2v) is 6.51. The van der Waals surface area contributed by atoms with Crippen molar-refractivity contribution in [1.29, 1.82) is 0 Å². The molecule has 106 valence electrons. The molecule has 3 rings (SSSR count). The topological polar surface area (TPSA) is 24.9 Å². The number of nitrogens with one attached hydrogen (secondary N) is 1. The summed E-state index contributed by atoms with van der Waals surface area (Å²) in [5.41, 5.74) is 2.67. The van der Waals surface area contributed by atoms with E-state index in [1.807, 2.05) is 13.1 Å². The number of nitrogens with zero attached hydrogens (tertiary/aromatic N) is 1. The maximum absolute atomic E-state index is 14.0. The molecule has 0 bridgehead atoms. The van der Waals surface area contributed by atoms with Gasteiger partial charge in [-0.1, -0.05) is 26.0 Å². The average molecular weight is 290 g/mol. The number of thiazole rings is 1. The van der Waals surface area contributed by atoms with Gasteiger partial charge in [-0.3, -0.25) is 0 Å². The molecule has 1 aromatic heterocycles. The Bertz CT molecular complexity index is 635. The zero-order chi connectivity index (χ0) is 14.3. The number of hydrogen-bond acceptors (Lipinski definition) is 3. The monoisotopic (exact) mass is 290 g/mol. The van der Waals surface area contributed by atoms with E-state index >= 15 is 0 Å². The standard InChI is InChI=1S/C16H19FN2S/c1-10(2)14-9-20-15(19-14)16(18-3)8-7-11-12(16)5-4-6-13(11)17/h4-6,9-10,18H,7-8H2,1-3H3. The van der Waals surface area contributed by atoms with Crippen LogP contribution in [0.4, 0.5) is 4.39 Å². The molecule has 0 spiro atoms. The van der Waals surface area contributed by atoms with E-state index in [0.29, 0.717) is 5.92 Å². The molecule has 1 aliphatic carbocycles. The lowest BCUT2D eigenvalue weighted by Crippen LogP contribution is -2.39. The van der Waals surface area contributed by atoms with Crippen LogP contribution in [0.25, 0.3) is 0 Å². The minimum absolute atomic E-state index is 0.0970. The first-order valence-corrected chi connectivity index (χ1v) is 7.89. The zero-order valence-electron chi connectivity index (χ0n) is 12.0. The Hall–Kier alpha value is -1.26. The van der Waals surface area contributed by atoms with E-state index in [1.165, 1.54) is 0 Å². The average Bonchev–Trinajstić information content (AvgIpc) is 3.04. The van der Waals surface area contributed by atoms with Gasteiger partial charge < -0.3 is 5.32 Å². The molecular formula is C16H19FN2S. The van der Waals surface area contributed by atoms with Crippen LogP contribution in [0.3, 0.4) is 0 Å². The fraction of sp³-hybridized carbons (Fsp3) is 0.438. The van der Waals surface area contributed by atoms with Gasteiger partial charge in [-0.2, -0.15) is 0 Å². The summed E-state index contributed by atoms with van der Waals surface area (Å²) in [5.74, 6) is 0.322. The largest absolute Gasteiger partial charge is 0.305 e. The van der Waals surface area contributed by atoms with Gasteiger partial charge in [0.05, 0.1) is 11.2 Å². The van der Waals surface area contributed by atoms with Gasteiger partial charge in [0.15, 0.2) is 0 Å². The normalized spacial score (nSPS) is 21.4. The lowest BCUT2D eigenvalue weighted by molar-refractivity contribution is 0.433. The van der Waals surface area contributed by atoms with E-state index < -0.39 is 0 Å². The molecule has 1 aliphatic rings. The van der Waals surface area contributed by atoms with Crippen LogP contribution in [0, 0.1) is 5.82 Å². The van der Waals surface area contributed by atoms with Crippen molar-refractivity contribution in [1.82, 2.24) is 10.3 Å². The van der Waals surface area contributed by atoms with Crippen molar-refractivity contribution < 1.29 is 4.39 Å². The van der Waals surface area contributed by atoms with Crippen LogP contribution in [0.2, 0.25) is 0 Å². The maximum atomic E-state index is 14.0. The Morgan fingerprint density at radius 1 is 1.40 bits per heavy atom. The van der Waals surface area contributed by atoms with E-state index in [-0.39, 0.29) is 11.4 Å². The van der Waals surface area contributed by atoms with Crippen molar-refractivity contribution in [2.45, 2.75) is 38.1 Å². The highest BCUT2D eigenvalue weighted by Crippen LogP contribution is 2.44. The van der Waals surface area contributed by atoms with Crippen molar-refractivity contribution in [3.8, 4) is 0 Å². The molecule has 1 heterocycles. The van der Waals surface area contributed by atoms with Crippen LogP contribution in [-0.4, -0.2) is 12.0 Å². The summed E-state index contributed by atoms with van der Waals surface area (Å²) in [7, 11) is 1.94. The minimum atomic E-state index is -0.324. The molecule has 0 saturated carbocycles. The van der Waals surface area contributed by atoms with Crippen molar-refractivity contribution in [3.63, 3.8) is 0 Å². The van der Waals surface area contributed by atoms with E-state index in [1.54, 1.807) is 23.5 Å². The molecule has 1 N–H and O–H groups in total. The highest BCUT2D eigenvalue weighted by Gasteiger charge is 2.42. The fourth-order valence-corrected chi connectivity index (χ4v) is 4.23. The first-order chi connectivity index (χ1) is 9.58. The molecule has 4 heteroatoms. The van der Waals surface area contributed by atoms with Crippen LogP contribution in [0.5, 0.6) is 0 Å². The van der Waals surface area contributed by atoms with Crippen molar-refractivity contribution in [2.75, 3.05) is 7.05 Å². The molecule has 0 aliphatic heterocycles. The Morgan fingerprint density at radius 2 is 2.20 bits per heavy atom. The maximum Gasteiger partial charge on any atom is 0.126 e. The third kappa shape index (κ3) is 1.90. The summed E-state index contributed by atoms with van der Waals surface area (Å²) in [6.07, 6.45) is 1.63. The van der Waals surface area contributed by atoms with Crippen LogP contribution in [0.15, 0.2) is 23.6 Å². The molecule has 2 nitrogen and oxygen atoms in total. The van der Waals surface area contributed by atoms with Gasteiger partial charge in [0.2, 0.25) is 0 Å². The molecule has 1 atom stereocenters. The van der Waals surface area contributed by atoms with Gasteiger partial charge in [0.1, 0.15) is 10.8 Å². The minimum Gasteiger partial charge on any atom is -0.305 e.